The number of hydrogen-bond acceptors (Lipinski definition) is 6. The number of nitrogens with zero attached hydrogens (tertiary/aromatic N) is 1. The van der Waals surface area contributed by atoms with Crippen LogP contribution in [0, 0.1) is 5.92 Å². The summed E-state index contributed by atoms with van der Waals surface area (Å²) in [6.45, 7) is 0.150. The molecule has 5 rings (SSSR count). The van der Waals surface area contributed by atoms with Crippen LogP contribution < -0.4 is 10.6 Å². The fourth-order valence-electron chi connectivity index (χ4n) is 4.77. The van der Waals surface area contributed by atoms with Crippen molar-refractivity contribution >= 4 is 29.3 Å². The molecule has 0 radical (unpaired) electrons. The monoisotopic (exact) mass is 491 g/mol. The van der Waals surface area contributed by atoms with E-state index in [2.05, 4.69) is 27.8 Å². The number of carboxylic acid groups (broad SMARTS) is 1. The van der Waals surface area contributed by atoms with Gasteiger partial charge >= 0.3 is 12.1 Å². The molecule has 0 saturated heterocycles. The van der Waals surface area contributed by atoms with Crippen LogP contribution in [0.5, 0.6) is 0 Å². The normalized spacial score (nSPS) is 19.1. The first kappa shape index (κ1) is 23.0. The lowest BCUT2D eigenvalue weighted by atomic mass is 9.80. The Morgan fingerprint density at radius 1 is 1.06 bits per heavy atom. The quantitative estimate of drug-likeness (QED) is 0.443. The van der Waals surface area contributed by atoms with Crippen LogP contribution in [0.2, 0.25) is 0 Å². The molecule has 1 atom stereocenters. The fourth-order valence-corrected chi connectivity index (χ4v) is 5.42. The van der Waals surface area contributed by atoms with Crippen LogP contribution in [-0.2, 0) is 20.7 Å². The van der Waals surface area contributed by atoms with Gasteiger partial charge in [-0.3, -0.25) is 14.6 Å². The molecule has 0 bridgehead atoms. The Bertz CT molecular complexity index is 1190. The number of benzene rings is 2. The molecular weight excluding hydrogens is 466 g/mol. The average molecular weight is 492 g/mol. The molecule has 1 heterocycles. The molecule has 35 heavy (non-hydrogen) atoms. The van der Waals surface area contributed by atoms with Crippen LogP contribution >= 0.6 is 11.3 Å². The summed E-state index contributed by atoms with van der Waals surface area (Å²) >= 11 is 1.40. The molecule has 8 nitrogen and oxygen atoms in total. The highest BCUT2D eigenvalue weighted by atomic mass is 32.1. The number of carbonyl (C=O) groups excluding carboxylic acids is 2. The summed E-state index contributed by atoms with van der Waals surface area (Å²) in [5.74, 6) is -1.73. The smallest absolute Gasteiger partial charge is 0.407 e. The van der Waals surface area contributed by atoms with Crippen molar-refractivity contribution in [3.63, 3.8) is 0 Å². The lowest BCUT2D eigenvalue weighted by Gasteiger charge is -2.34. The zero-order valence-electron chi connectivity index (χ0n) is 18.8. The van der Waals surface area contributed by atoms with Crippen LogP contribution in [0.15, 0.2) is 60.2 Å². The lowest BCUT2D eigenvalue weighted by molar-refractivity contribution is -0.146. The van der Waals surface area contributed by atoms with Gasteiger partial charge in [-0.1, -0.05) is 48.5 Å². The van der Waals surface area contributed by atoms with E-state index in [1.54, 1.807) is 11.7 Å². The molecule has 0 spiro atoms. The number of fused-ring (bicyclic) bond motifs is 3. The van der Waals surface area contributed by atoms with E-state index in [-0.39, 0.29) is 30.9 Å². The van der Waals surface area contributed by atoms with Crippen LogP contribution in [0.4, 0.5) is 4.79 Å². The number of nitrogens with one attached hydrogen (secondary N) is 2. The zero-order valence-corrected chi connectivity index (χ0v) is 19.7. The van der Waals surface area contributed by atoms with Gasteiger partial charge in [0.1, 0.15) is 12.6 Å². The molecule has 2 aliphatic carbocycles. The van der Waals surface area contributed by atoms with Crippen LogP contribution in [-0.4, -0.2) is 46.8 Å². The maximum absolute atomic E-state index is 12.9. The minimum atomic E-state index is -0.853. The summed E-state index contributed by atoms with van der Waals surface area (Å²) in [6.07, 6.45) is 2.04. The van der Waals surface area contributed by atoms with E-state index in [1.165, 1.54) is 11.3 Å². The summed E-state index contributed by atoms with van der Waals surface area (Å²) < 4.78 is 5.61. The van der Waals surface area contributed by atoms with Gasteiger partial charge in [-0.25, -0.2) is 4.79 Å². The molecule has 1 saturated carbocycles. The highest BCUT2D eigenvalue weighted by molar-refractivity contribution is 7.09. The second-order valence-electron chi connectivity index (χ2n) is 8.91. The van der Waals surface area contributed by atoms with E-state index in [9.17, 15) is 14.4 Å². The van der Waals surface area contributed by atoms with Crippen molar-refractivity contribution in [2.45, 2.75) is 37.3 Å². The van der Waals surface area contributed by atoms with Gasteiger partial charge in [0.2, 0.25) is 5.91 Å². The molecule has 180 valence electrons. The number of rotatable bonds is 8. The number of amides is 2. The number of carbonyl (C=O) groups is 3. The van der Waals surface area contributed by atoms with E-state index in [0.717, 1.165) is 27.1 Å². The van der Waals surface area contributed by atoms with Gasteiger partial charge in [0.05, 0.1) is 11.4 Å². The van der Waals surface area contributed by atoms with E-state index in [0.29, 0.717) is 12.8 Å². The highest BCUT2D eigenvalue weighted by Crippen LogP contribution is 2.44. The third-order valence-electron chi connectivity index (χ3n) is 6.67. The average Bonchev–Trinajstić information content (AvgIpc) is 3.45. The number of ether oxygens (including phenoxy) is 1. The highest BCUT2D eigenvalue weighted by Gasteiger charge is 2.37. The lowest BCUT2D eigenvalue weighted by Crippen LogP contribution is -2.54. The SMILES string of the molecule is O=C(NC(Cc1cncs1)C(=O)NC1CC(C(=O)O)C1)OCC1c2ccccc2-c2ccccc21. The Labute approximate surface area is 206 Å². The molecule has 2 aliphatic rings. The number of thiazole rings is 1. The van der Waals surface area contributed by atoms with Crippen molar-refractivity contribution in [1.82, 2.24) is 15.6 Å². The van der Waals surface area contributed by atoms with Crippen molar-refractivity contribution in [2.75, 3.05) is 6.61 Å². The standard InChI is InChI=1S/C26H25N3O5S/c30-24(28-16-9-15(10-16)25(31)32)23(11-17-12-27-14-35-17)29-26(33)34-13-22-20-7-3-1-5-18(20)19-6-2-4-8-21(19)22/h1-8,12,14-16,22-23H,9-11,13H2,(H,28,30)(H,29,33)(H,31,32). The minimum absolute atomic E-state index is 0.0788. The van der Waals surface area contributed by atoms with Gasteiger partial charge in [0.25, 0.3) is 0 Å². The number of alkyl carbamates (subject to hydrolysis) is 1. The van der Waals surface area contributed by atoms with Crippen molar-refractivity contribution in [3.8, 4) is 11.1 Å². The van der Waals surface area contributed by atoms with E-state index < -0.39 is 24.0 Å². The first-order chi connectivity index (χ1) is 17.0. The Morgan fingerprint density at radius 2 is 1.71 bits per heavy atom. The Hall–Kier alpha value is -3.72. The minimum Gasteiger partial charge on any atom is -0.481 e. The van der Waals surface area contributed by atoms with Gasteiger partial charge < -0.3 is 20.5 Å². The second-order valence-corrected chi connectivity index (χ2v) is 9.88. The molecule has 1 fully saturated rings. The van der Waals surface area contributed by atoms with E-state index in [1.807, 2.05) is 36.4 Å². The Morgan fingerprint density at radius 3 is 2.31 bits per heavy atom. The molecule has 2 aromatic carbocycles. The first-order valence-electron chi connectivity index (χ1n) is 11.5. The van der Waals surface area contributed by atoms with Crippen molar-refractivity contribution in [2.24, 2.45) is 5.92 Å². The van der Waals surface area contributed by atoms with Gasteiger partial charge in [0, 0.05) is 29.5 Å². The zero-order chi connectivity index (χ0) is 24.4. The van der Waals surface area contributed by atoms with Crippen molar-refractivity contribution in [1.29, 1.82) is 0 Å². The molecule has 1 unspecified atom stereocenters. The topological polar surface area (TPSA) is 118 Å². The number of hydrogen-bond donors (Lipinski definition) is 3. The van der Waals surface area contributed by atoms with Gasteiger partial charge in [0.15, 0.2) is 0 Å². The number of aliphatic carboxylic acids is 1. The van der Waals surface area contributed by atoms with Gasteiger partial charge in [-0.2, -0.15) is 0 Å². The summed E-state index contributed by atoms with van der Waals surface area (Å²) in [5, 5.41) is 14.6. The predicted octanol–water partition coefficient (Wildman–Crippen LogP) is 3.57. The summed E-state index contributed by atoms with van der Waals surface area (Å²) in [5.41, 5.74) is 6.16. The van der Waals surface area contributed by atoms with Crippen molar-refractivity contribution in [3.05, 3.63) is 76.2 Å². The predicted molar refractivity (Wildman–Crippen MR) is 130 cm³/mol. The summed E-state index contributed by atoms with van der Waals surface area (Å²) in [4.78, 5) is 41.6. The van der Waals surface area contributed by atoms with Crippen LogP contribution in [0.25, 0.3) is 11.1 Å². The Kier molecular flexibility index (Phi) is 6.50. The second kappa shape index (κ2) is 9.87. The van der Waals surface area contributed by atoms with Crippen LogP contribution in [0.3, 0.4) is 0 Å². The molecule has 9 heteroatoms. The maximum Gasteiger partial charge on any atom is 0.407 e. The van der Waals surface area contributed by atoms with Gasteiger partial charge in [-0.15, -0.1) is 11.3 Å². The van der Waals surface area contributed by atoms with Gasteiger partial charge in [-0.05, 0) is 35.1 Å². The third-order valence-corrected chi connectivity index (χ3v) is 7.48. The largest absolute Gasteiger partial charge is 0.481 e. The molecular formula is C26H25N3O5S. The van der Waals surface area contributed by atoms with Crippen LogP contribution in [0.1, 0.15) is 34.8 Å². The molecule has 3 N–H and O–H groups in total. The maximum atomic E-state index is 12.9. The third kappa shape index (κ3) is 4.90. The molecule has 1 aromatic heterocycles. The fraction of sp³-hybridized carbons (Fsp3) is 0.308. The summed E-state index contributed by atoms with van der Waals surface area (Å²) in [6, 6.07) is 15.1. The van der Waals surface area contributed by atoms with E-state index >= 15 is 0 Å². The number of carboxylic acids is 1. The molecule has 3 aromatic rings. The Balaban J connectivity index is 1.23. The van der Waals surface area contributed by atoms with E-state index in [4.69, 9.17) is 9.84 Å². The number of aromatic nitrogens is 1. The first-order valence-corrected chi connectivity index (χ1v) is 12.4. The molecule has 0 aliphatic heterocycles. The van der Waals surface area contributed by atoms with Crippen molar-refractivity contribution < 1.29 is 24.2 Å². The summed E-state index contributed by atoms with van der Waals surface area (Å²) in [7, 11) is 0. The molecule has 2 amide bonds.